The van der Waals surface area contributed by atoms with E-state index in [1.807, 2.05) is 6.92 Å². The molecule has 37 heavy (non-hydrogen) atoms. The molecule has 2 aromatic carbocycles. The number of likely N-dealkylation sites (tertiary alicyclic amines) is 1. The molecule has 1 saturated heterocycles. The van der Waals surface area contributed by atoms with Crippen LogP contribution in [-0.4, -0.2) is 69.9 Å². The third kappa shape index (κ3) is 5.67. The average molecular weight is 514 g/mol. The van der Waals surface area contributed by atoms with Gasteiger partial charge in [0.1, 0.15) is 11.5 Å². The molecule has 1 fully saturated rings. The summed E-state index contributed by atoms with van der Waals surface area (Å²) in [6.45, 7) is 6.82. The van der Waals surface area contributed by atoms with Crippen LogP contribution in [0.1, 0.15) is 36.6 Å². The Morgan fingerprint density at radius 3 is 2.16 bits per heavy atom. The molecule has 0 spiro atoms. The molecule has 1 N–H and O–H groups in total. The van der Waals surface area contributed by atoms with Crippen molar-refractivity contribution in [2.24, 2.45) is 5.92 Å². The van der Waals surface area contributed by atoms with Crippen LogP contribution in [0.15, 0.2) is 35.9 Å². The molecule has 9 heteroatoms. The van der Waals surface area contributed by atoms with Gasteiger partial charge in [0.05, 0.1) is 46.2 Å². The molecule has 0 aliphatic carbocycles. The minimum Gasteiger partial charge on any atom is -0.507 e. The van der Waals surface area contributed by atoms with Crippen LogP contribution in [0.4, 0.5) is 0 Å². The van der Waals surface area contributed by atoms with E-state index in [-0.39, 0.29) is 24.5 Å². The molecular weight excluding hydrogens is 478 g/mol. The zero-order valence-electron chi connectivity index (χ0n) is 22.4. The number of amides is 1. The van der Waals surface area contributed by atoms with E-state index < -0.39 is 17.7 Å². The molecule has 1 aliphatic rings. The monoisotopic (exact) mass is 513 g/mol. The third-order valence-corrected chi connectivity index (χ3v) is 6.12. The van der Waals surface area contributed by atoms with E-state index in [1.54, 1.807) is 30.3 Å². The van der Waals surface area contributed by atoms with Crippen LogP contribution >= 0.6 is 0 Å². The molecule has 3 rings (SSSR count). The van der Waals surface area contributed by atoms with Crippen molar-refractivity contribution in [1.29, 1.82) is 0 Å². The summed E-state index contributed by atoms with van der Waals surface area (Å²) >= 11 is 0. The lowest BCUT2D eigenvalue weighted by Crippen LogP contribution is -2.32. The van der Waals surface area contributed by atoms with Gasteiger partial charge in [0, 0.05) is 19.2 Å². The highest BCUT2D eigenvalue weighted by molar-refractivity contribution is 6.46. The van der Waals surface area contributed by atoms with E-state index in [1.165, 1.54) is 33.3 Å². The fourth-order valence-corrected chi connectivity index (χ4v) is 4.31. The van der Waals surface area contributed by atoms with Gasteiger partial charge in [-0.05, 0) is 54.3 Å². The fraction of sp³-hybridized carbons (Fsp3) is 0.429. The Kier molecular flexibility index (Phi) is 9.04. The van der Waals surface area contributed by atoms with Crippen molar-refractivity contribution >= 4 is 17.4 Å². The second-order valence-electron chi connectivity index (χ2n) is 9.13. The Balaban J connectivity index is 2.19. The van der Waals surface area contributed by atoms with Crippen molar-refractivity contribution < 1.29 is 38.4 Å². The molecule has 1 aliphatic heterocycles. The Morgan fingerprint density at radius 2 is 1.65 bits per heavy atom. The second-order valence-corrected chi connectivity index (χ2v) is 9.13. The summed E-state index contributed by atoms with van der Waals surface area (Å²) in [4.78, 5) is 27.8. The number of carbonyl (C=O) groups excluding carboxylic acids is 2. The molecule has 1 heterocycles. The predicted molar refractivity (Wildman–Crippen MR) is 138 cm³/mol. The standard InChI is InChI=1S/C28H35NO8/c1-16(2)15-37-19-8-9-20(17(3)12-19)25(30)23-24(29(10-11-33-4)28(32)26(23)31)18-13-21(34-5)27(36-7)22(14-18)35-6/h8-9,12-14,16,24,30H,10-11,15H2,1-7H3/t24-/m0/s1. The number of aliphatic hydroxyl groups is 1. The number of benzene rings is 2. The van der Waals surface area contributed by atoms with Crippen LogP contribution in [0.3, 0.4) is 0 Å². The first kappa shape index (κ1) is 27.9. The lowest BCUT2D eigenvalue weighted by Gasteiger charge is -2.26. The highest BCUT2D eigenvalue weighted by Gasteiger charge is 2.46. The van der Waals surface area contributed by atoms with Crippen LogP contribution in [0.5, 0.6) is 23.0 Å². The minimum atomic E-state index is -0.903. The van der Waals surface area contributed by atoms with E-state index in [4.69, 9.17) is 23.7 Å². The highest BCUT2D eigenvalue weighted by Crippen LogP contribution is 2.45. The maximum absolute atomic E-state index is 13.3. The van der Waals surface area contributed by atoms with E-state index in [0.717, 1.165) is 0 Å². The van der Waals surface area contributed by atoms with E-state index in [0.29, 0.717) is 52.2 Å². The molecule has 0 bridgehead atoms. The number of methoxy groups -OCH3 is 4. The summed E-state index contributed by atoms with van der Waals surface area (Å²) in [5.41, 5.74) is 1.61. The summed E-state index contributed by atoms with van der Waals surface area (Å²) in [6.07, 6.45) is 0. The van der Waals surface area contributed by atoms with Crippen LogP contribution in [0, 0.1) is 12.8 Å². The molecule has 1 atom stereocenters. The van der Waals surface area contributed by atoms with Crippen LogP contribution < -0.4 is 18.9 Å². The predicted octanol–water partition coefficient (Wildman–Crippen LogP) is 4.12. The number of aryl methyl sites for hydroxylation is 1. The number of Topliss-reactive ketones (excluding diaryl/α,β-unsaturated/α-hetero) is 1. The van der Waals surface area contributed by atoms with Gasteiger partial charge in [-0.1, -0.05) is 13.8 Å². The second kappa shape index (κ2) is 12.0. The van der Waals surface area contributed by atoms with Gasteiger partial charge in [-0.15, -0.1) is 0 Å². The third-order valence-electron chi connectivity index (χ3n) is 6.12. The maximum Gasteiger partial charge on any atom is 0.295 e. The maximum atomic E-state index is 13.3. The molecule has 1 amide bonds. The first-order chi connectivity index (χ1) is 17.7. The number of nitrogens with zero attached hydrogens (tertiary/aromatic N) is 1. The minimum absolute atomic E-state index is 0.0330. The van der Waals surface area contributed by atoms with Gasteiger partial charge >= 0.3 is 0 Å². The van der Waals surface area contributed by atoms with Gasteiger partial charge in [-0.3, -0.25) is 9.59 Å². The number of ether oxygens (including phenoxy) is 5. The summed E-state index contributed by atoms with van der Waals surface area (Å²) < 4.78 is 27.4. The van der Waals surface area contributed by atoms with Gasteiger partial charge in [0.15, 0.2) is 11.5 Å². The summed E-state index contributed by atoms with van der Waals surface area (Å²) in [5, 5.41) is 11.4. The molecule has 0 radical (unpaired) electrons. The van der Waals surface area contributed by atoms with Gasteiger partial charge in [-0.25, -0.2) is 0 Å². The van der Waals surface area contributed by atoms with Gasteiger partial charge in [0.25, 0.3) is 11.7 Å². The van der Waals surface area contributed by atoms with E-state index in [9.17, 15) is 14.7 Å². The molecule has 0 aromatic heterocycles. The molecule has 200 valence electrons. The van der Waals surface area contributed by atoms with Gasteiger partial charge in [0.2, 0.25) is 5.75 Å². The Morgan fingerprint density at radius 1 is 1.00 bits per heavy atom. The number of carbonyl (C=O) groups is 2. The van der Waals surface area contributed by atoms with Gasteiger partial charge < -0.3 is 33.7 Å². The topological polar surface area (TPSA) is 104 Å². The number of ketones is 1. The first-order valence-electron chi connectivity index (χ1n) is 12.0. The van der Waals surface area contributed by atoms with Crippen LogP contribution in [0.25, 0.3) is 5.76 Å². The normalized spacial score (nSPS) is 16.9. The number of rotatable bonds is 11. The average Bonchev–Trinajstić information content (AvgIpc) is 3.14. The molecule has 0 unspecified atom stereocenters. The largest absolute Gasteiger partial charge is 0.507 e. The number of hydrogen-bond acceptors (Lipinski definition) is 8. The Labute approximate surface area is 217 Å². The number of aliphatic hydroxyl groups excluding tert-OH is 1. The van der Waals surface area contributed by atoms with Crippen molar-refractivity contribution in [2.75, 3.05) is 48.2 Å². The summed E-state index contributed by atoms with van der Waals surface area (Å²) in [6, 6.07) is 7.66. The molecule has 2 aromatic rings. The first-order valence-corrected chi connectivity index (χ1v) is 12.0. The zero-order chi connectivity index (χ0) is 27.3. The molecular formula is C28H35NO8. The molecule has 9 nitrogen and oxygen atoms in total. The lowest BCUT2D eigenvalue weighted by atomic mass is 9.93. The fourth-order valence-electron chi connectivity index (χ4n) is 4.31. The number of hydrogen-bond donors (Lipinski definition) is 1. The van der Waals surface area contributed by atoms with Crippen molar-refractivity contribution in [3.8, 4) is 23.0 Å². The van der Waals surface area contributed by atoms with Crippen LogP contribution in [-0.2, 0) is 14.3 Å². The van der Waals surface area contributed by atoms with Crippen molar-refractivity contribution in [3.63, 3.8) is 0 Å². The quantitative estimate of drug-likeness (QED) is 0.272. The van der Waals surface area contributed by atoms with E-state index >= 15 is 0 Å². The van der Waals surface area contributed by atoms with Crippen LogP contribution in [0.2, 0.25) is 0 Å². The SMILES string of the molecule is COCCN1C(=O)C(=O)C(=C(O)c2ccc(OCC(C)C)cc2C)[C@@H]1c1cc(OC)c(OC)c(OC)c1. The van der Waals surface area contributed by atoms with Crippen molar-refractivity contribution in [2.45, 2.75) is 26.8 Å². The smallest absolute Gasteiger partial charge is 0.295 e. The van der Waals surface area contributed by atoms with Gasteiger partial charge in [-0.2, -0.15) is 0 Å². The lowest BCUT2D eigenvalue weighted by molar-refractivity contribution is -0.140. The Bertz CT molecular complexity index is 1160. The van der Waals surface area contributed by atoms with Crippen molar-refractivity contribution in [1.82, 2.24) is 4.90 Å². The summed E-state index contributed by atoms with van der Waals surface area (Å²) in [7, 11) is 5.96. The Hall–Kier alpha value is -3.72. The summed E-state index contributed by atoms with van der Waals surface area (Å²) in [5.74, 6) is 0.313. The highest BCUT2D eigenvalue weighted by atomic mass is 16.5. The van der Waals surface area contributed by atoms with E-state index in [2.05, 4.69) is 13.8 Å². The zero-order valence-corrected chi connectivity index (χ0v) is 22.4. The van der Waals surface area contributed by atoms with Crippen molar-refractivity contribution in [3.05, 3.63) is 52.6 Å². The molecule has 0 saturated carbocycles.